The number of oxazole rings is 1. The van der Waals surface area contributed by atoms with Gasteiger partial charge >= 0.3 is 11.9 Å². The number of aromatic nitrogens is 1. The number of amides is 1. The van der Waals surface area contributed by atoms with E-state index in [0.29, 0.717) is 6.42 Å². The molecule has 4 rings (SSSR count). The number of nitrogens with zero attached hydrogens (tertiary/aromatic N) is 2. The average molecular weight is 433 g/mol. The van der Waals surface area contributed by atoms with Crippen molar-refractivity contribution in [3.8, 4) is 11.3 Å². The van der Waals surface area contributed by atoms with E-state index >= 15 is 0 Å². The molecule has 0 bridgehead atoms. The smallest absolute Gasteiger partial charge is 0.309 e. The van der Waals surface area contributed by atoms with E-state index in [9.17, 15) is 23.5 Å². The van der Waals surface area contributed by atoms with E-state index in [0.717, 1.165) is 50.8 Å². The third kappa shape index (κ3) is 4.61. The fraction of sp³-hybridized carbons (Fsp3) is 0.500. The molecule has 1 aromatic carbocycles. The molecule has 1 unspecified atom stereocenters. The molecule has 0 radical (unpaired) electrons. The molecule has 1 aliphatic heterocycles. The lowest BCUT2D eigenvalue weighted by Gasteiger charge is -2.45. The van der Waals surface area contributed by atoms with Crippen molar-refractivity contribution in [3.63, 3.8) is 0 Å². The van der Waals surface area contributed by atoms with Crippen LogP contribution in [0.4, 0.5) is 8.78 Å². The van der Waals surface area contributed by atoms with Gasteiger partial charge in [0.05, 0.1) is 23.8 Å². The van der Waals surface area contributed by atoms with Crippen LogP contribution in [-0.2, 0) is 4.79 Å². The van der Waals surface area contributed by atoms with Gasteiger partial charge in [-0.2, -0.15) is 0 Å². The molecule has 1 aliphatic carbocycles. The Morgan fingerprint density at radius 3 is 2.61 bits per heavy atom. The lowest BCUT2D eigenvalue weighted by Crippen LogP contribution is -2.60. The van der Waals surface area contributed by atoms with Crippen LogP contribution in [-0.4, -0.2) is 45.6 Å². The van der Waals surface area contributed by atoms with Crippen molar-refractivity contribution < 1.29 is 27.9 Å². The van der Waals surface area contributed by atoms with Gasteiger partial charge in [-0.25, -0.2) is 13.8 Å². The third-order valence-corrected chi connectivity index (χ3v) is 6.21. The highest BCUT2D eigenvalue weighted by Gasteiger charge is 2.40. The van der Waals surface area contributed by atoms with Crippen LogP contribution in [0.1, 0.15) is 55.6 Å². The Balaban J connectivity index is 1.54. The molecule has 1 amide bonds. The molecule has 2 atom stereocenters. The maximum atomic E-state index is 14.0. The molecule has 166 valence electrons. The van der Waals surface area contributed by atoms with Crippen LogP contribution in [0.3, 0.4) is 0 Å². The van der Waals surface area contributed by atoms with Gasteiger partial charge in [0.25, 0.3) is 5.89 Å². The number of benzene rings is 1. The van der Waals surface area contributed by atoms with Gasteiger partial charge < -0.3 is 14.8 Å². The zero-order valence-electron chi connectivity index (χ0n) is 17.0. The normalized spacial score (nSPS) is 22.9. The second kappa shape index (κ2) is 9.13. The minimum absolute atomic E-state index is 0.00906. The highest BCUT2D eigenvalue weighted by atomic mass is 19.1. The molecular formula is C22H25F2N3O4. The van der Waals surface area contributed by atoms with E-state index in [1.807, 2.05) is 0 Å². The summed E-state index contributed by atoms with van der Waals surface area (Å²) in [5.74, 6) is -4.20. The van der Waals surface area contributed by atoms with Crippen molar-refractivity contribution in [3.05, 3.63) is 41.9 Å². The Bertz CT molecular complexity index is 958. The highest BCUT2D eigenvalue weighted by Crippen LogP contribution is 2.31. The van der Waals surface area contributed by atoms with E-state index < -0.39 is 35.6 Å². The van der Waals surface area contributed by atoms with Crippen LogP contribution in [0.5, 0.6) is 0 Å². The van der Waals surface area contributed by atoms with Gasteiger partial charge in [-0.15, -0.1) is 0 Å². The molecule has 31 heavy (non-hydrogen) atoms. The van der Waals surface area contributed by atoms with E-state index in [-0.39, 0.29) is 23.3 Å². The summed E-state index contributed by atoms with van der Waals surface area (Å²) in [4.78, 5) is 30.8. The average Bonchev–Trinajstić information content (AvgIpc) is 3.24. The number of carboxylic acid groups (broad SMARTS) is 1. The Morgan fingerprint density at radius 1 is 1.13 bits per heavy atom. The minimum Gasteiger partial charge on any atom is -0.481 e. The molecule has 2 heterocycles. The van der Waals surface area contributed by atoms with Crippen LogP contribution in [0.2, 0.25) is 0 Å². The molecule has 1 saturated heterocycles. The van der Waals surface area contributed by atoms with Crippen molar-refractivity contribution in [1.82, 2.24) is 15.2 Å². The molecule has 2 fully saturated rings. The van der Waals surface area contributed by atoms with E-state index in [1.165, 1.54) is 18.7 Å². The second-order valence-electron chi connectivity index (χ2n) is 8.19. The first-order valence-corrected chi connectivity index (χ1v) is 10.6. The highest BCUT2D eigenvalue weighted by molar-refractivity contribution is 5.90. The van der Waals surface area contributed by atoms with Gasteiger partial charge in [0, 0.05) is 18.7 Å². The molecule has 1 aromatic heterocycles. The van der Waals surface area contributed by atoms with Crippen LogP contribution in [0.15, 0.2) is 28.8 Å². The summed E-state index contributed by atoms with van der Waals surface area (Å²) in [6, 6.07) is 3.25. The predicted octanol–water partition coefficient (Wildman–Crippen LogP) is 3.81. The number of likely N-dealkylation sites (tertiary alicyclic amines) is 1. The molecule has 0 spiro atoms. The summed E-state index contributed by atoms with van der Waals surface area (Å²) in [7, 11) is 0. The van der Waals surface area contributed by atoms with Gasteiger partial charge in [0.2, 0.25) is 0 Å². The first kappa shape index (κ1) is 21.4. The topological polar surface area (TPSA) is 95.7 Å². The van der Waals surface area contributed by atoms with Crippen molar-refractivity contribution >= 4 is 11.9 Å². The standard InChI is InChI=1S/C22H25F2N3O4/c23-13-8-9-15(17(24)11-13)18-12-25-21(31-18)20(28)26-19-16(22(29)30)7-4-10-27(19)14-5-2-1-3-6-14/h8-9,11-12,14,16,19H,1-7,10H2,(H,26,28)(H,29,30)/t16-,19?/m0/s1. The van der Waals surface area contributed by atoms with Crippen molar-refractivity contribution in [1.29, 1.82) is 0 Å². The summed E-state index contributed by atoms with van der Waals surface area (Å²) < 4.78 is 32.6. The summed E-state index contributed by atoms with van der Waals surface area (Å²) in [6.07, 6.45) is 7.06. The zero-order chi connectivity index (χ0) is 22.0. The Hall–Kier alpha value is -2.81. The number of halogens is 2. The molecule has 2 aromatic rings. The molecule has 7 nitrogen and oxygen atoms in total. The quantitative estimate of drug-likeness (QED) is 0.745. The molecular weight excluding hydrogens is 408 g/mol. The fourth-order valence-corrected chi connectivity index (χ4v) is 4.68. The van der Waals surface area contributed by atoms with Crippen molar-refractivity contribution in [2.75, 3.05) is 6.54 Å². The number of carbonyl (C=O) groups is 2. The lowest BCUT2D eigenvalue weighted by molar-refractivity contribution is -0.147. The van der Waals surface area contributed by atoms with Crippen LogP contribution in [0.25, 0.3) is 11.3 Å². The Morgan fingerprint density at radius 2 is 1.90 bits per heavy atom. The van der Waals surface area contributed by atoms with Crippen LogP contribution in [0, 0.1) is 17.6 Å². The van der Waals surface area contributed by atoms with Crippen LogP contribution < -0.4 is 5.32 Å². The molecule has 2 aliphatic rings. The number of hydrogen-bond acceptors (Lipinski definition) is 5. The SMILES string of the molecule is O=C(NC1[C@@H](C(=O)O)CCCN1C1CCCCC1)c1ncc(-c2ccc(F)cc2F)o1. The van der Waals surface area contributed by atoms with E-state index in [2.05, 4.69) is 15.2 Å². The largest absolute Gasteiger partial charge is 0.481 e. The molecule has 2 N–H and O–H groups in total. The maximum Gasteiger partial charge on any atom is 0.309 e. The van der Waals surface area contributed by atoms with Gasteiger partial charge in [-0.1, -0.05) is 19.3 Å². The lowest BCUT2D eigenvalue weighted by atomic mass is 9.88. The summed E-state index contributed by atoms with van der Waals surface area (Å²) in [6.45, 7) is 0.719. The summed E-state index contributed by atoms with van der Waals surface area (Å²) >= 11 is 0. The van der Waals surface area contributed by atoms with Gasteiger partial charge in [-0.3, -0.25) is 14.5 Å². The Kier molecular flexibility index (Phi) is 6.31. The monoisotopic (exact) mass is 433 g/mol. The maximum absolute atomic E-state index is 14.0. The number of nitrogens with one attached hydrogen (secondary N) is 1. The summed E-state index contributed by atoms with van der Waals surface area (Å²) in [5, 5.41) is 12.5. The number of carboxylic acids is 1. The van der Waals surface area contributed by atoms with Gasteiger partial charge in [-0.05, 0) is 37.8 Å². The molecule has 9 heteroatoms. The first-order valence-electron chi connectivity index (χ1n) is 10.6. The first-order chi connectivity index (χ1) is 14.9. The van der Waals surface area contributed by atoms with Crippen LogP contribution >= 0.6 is 0 Å². The predicted molar refractivity (Wildman–Crippen MR) is 107 cm³/mol. The summed E-state index contributed by atoms with van der Waals surface area (Å²) in [5.41, 5.74) is -0.0159. The minimum atomic E-state index is -0.952. The number of rotatable bonds is 5. The third-order valence-electron chi connectivity index (χ3n) is 6.21. The van der Waals surface area contributed by atoms with E-state index in [4.69, 9.17) is 4.42 Å². The fourth-order valence-electron chi connectivity index (χ4n) is 4.68. The van der Waals surface area contributed by atoms with E-state index in [1.54, 1.807) is 0 Å². The van der Waals surface area contributed by atoms with Crippen molar-refractivity contribution in [2.45, 2.75) is 57.2 Å². The second-order valence-corrected chi connectivity index (χ2v) is 8.19. The van der Waals surface area contributed by atoms with Gasteiger partial charge in [0.1, 0.15) is 11.6 Å². The van der Waals surface area contributed by atoms with Crippen molar-refractivity contribution in [2.24, 2.45) is 5.92 Å². The number of aliphatic carboxylic acids is 1. The number of carbonyl (C=O) groups excluding carboxylic acids is 1. The zero-order valence-corrected chi connectivity index (χ0v) is 17.0. The number of hydrogen-bond donors (Lipinski definition) is 2. The molecule has 1 saturated carbocycles. The Labute approximate surface area is 178 Å². The number of piperidine rings is 1. The van der Waals surface area contributed by atoms with Gasteiger partial charge in [0.15, 0.2) is 5.76 Å².